The number of hydrogen-bond acceptors (Lipinski definition) is 3. The number of benzene rings is 2. The van der Waals surface area contributed by atoms with Crippen molar-refractivity contribution in [2.75, 3.05) is 5.43 Å². The van der Waals surface area contributed by atoms with Crippen LogP contribution in [0.3, 0.4) is 0 Å². The summed E-state index contributed by atoms with van der Waals surface area (Å²) in [7, 11) is 0. The van der Waals surface area contributed by atoms with Crippen molar-refractivity contribution >= 4 is 11.9 Å². The van der Waals surface area contributed by atoms with Crippen molar-refractivity contribution in [2.24, 2.45) is 5.10 Å². The van der Waals surface area contributed by atoms with Gasteiger partial charge < -0.3 is 0 Å². The summed E-state index contributed by atoms with van der Waals surface area (Å²) in [5.41, 5.74) is 7.16. The van der Waals surface area contributed by atoms with Crippen LogP contribution in [0, 0.1) is 0 Å². The van der Waals surface area contributed by atoms with Gasteiger partial charge in [-0.05, 0) is 17.7 Å². The van der Waals surface area contributed by atoms with E-state index in [0.29, 0.717) is 0 Å². The largest absolute Gasteiger partial charge is 0.285 e. The van der Waals surface area contributed by atoms with Gasteiger partial charge in [0.25, 0.3) is 0 Å². The highest BCUT2D eigenvalue weighted by Crippen LogP contribution is 2.20. The maximum absolute atomic E-state index is 4.28. The number of nitrogens with zero attached hydrogens (tertiary/aromatic N) is 2. The molecule has 1 heterocycles. The number of H-pyrrole nitrogens is 1. The third kappa shape index (κ3) is 2.75. The fraction of sp³-hybridized carbons (Fsp3) is 0. The average molecular weight is 262 g/mol. The third-order valence-corrected chi connectivity index (χ3v) is 2.94. The first kappa shape index (κ1) is 12.2. The average Bonchev–Trinajstić information content (AvgIpc) is 3.03. The molecule has 0 bridgehead atoms. The zero-order valence-corrected chi connectivity index (χ0v) is 10.8. The molecule has 0 atom stereocenters. The molecule has 0 aliphatic carbocycles. The number of rotatable bonds is 4. The lowest BCUT2D eigenvalue weighted by Gasteiger charge is -2.03. The van der Waals surface area contributed by atoms with E-state index in [1.165, 1.54) is 0 Å². The van der Waals surface area contributed by atoms with Crippen LogP contribution in [0.4, 0.5) is 5.69 Å². The highest BCUT2D eigenvalue weighted by molar-refractivity contribution is 5.90. The van der Waals surface area contributed by atoms with Crippen LogP contribution in [0.25, 0.3) is 11.1 Å². The van der Waals surface area contributed by atoms with Crippen LogP contribution in [-0.2, 0) is 0 Å². The third-order valence-electron chi connectivity index (χ3n) is 2.94. The van der Waals surface area contributed by atoms with Gasteiger partial charge in [0.2, 0.25) is 0 Å². The van der Waals surface area contributed by atoms with Gasteiger partial charge in [-0.1, -0.05) is 42.5 Å². The van der Waals surface area contributed by atoms with E-state index < -0.39 is 0 Å². The quantitative estimate of drug-likeness (QED) is 0.558. The molecule has 0 saturated carbocycles. The molecule has 98 valence electrons. The summed E-state index contributed by atoms with van der Waals surface area (Å²) in [6.45, 7) is 0. The molecule has 4 heteroatoms. The van der Waals surface area contributed by atoms with Crippen molar-refractivity contribution in [3.8, 4) is 11.1 Å². The number of hydrogen-bond donors (Lipinski definition) is 2. The minimum Gasteiger partial charge on any atom is -0.285 e. The minimum atomic E-state index is 0.963. The van der Waals surface area contributed by atoms with Crippen LogP contribution in [-0.4, -0.2) is 16.4 Å². The second-order valence-corrected chi connectivity index (χ2v) is 4.31. The van der Waals surface area contributed by atoms with Crippen LogP contribution < -0.4 is 5.43 Å². The highest BCUT2D eigenvalue weighted by atomic mass is 15.3. The van der Waals surface area contributed by atoms with Gasteiger partial charge in [0.05, 0.1) is 18.1 Å². The summed E-state index contributed by atoms with van der Waals surface area (Å²) >= 11 is 0. The van der Waals surface area contributed by atoms with E-state index in [1.54, 1.807) is 6.20 Å². The predicted molar refractivity (Wildman–Crippen MR) is 81.7 cm³/mol. The predicted octanol–water partition coefficient (Wildman–Crippen LogP) is 3.52. The Kier molecular flexibility index (Phi) is 3.55. The number of nitrogens with one attached hydrogen (secondary N) is 2. The Morgan fingerprint density at radius 2 is 1.80 bits per heavy atom. The maximum atomic E-state index is 4.28. The molecule has 2 N–H and O–H groups in total. The Balaban J connectivity index is 1.81. The monoisotopic (exact) mass is 262 g/mol. The normalized spacial score (nSPS) is 10.8. The molecule has 0 fully saturated rings. The summed E-state index contributed by atoms with van der Waals surface area (Å²) in [4.78, 5) is 0. The van der Waals surface area contributed by atoms with Gasteiger partial charge in [-0.25, -0.2) is 0 Å². The Morgan fingerprint density at radius 1 is 1.00 bits per heavy atom. The van der Waals surface area contributed by atoms with Crippen LogP contribution >= 0.6 is 0 Å². The van der Waals surface area contributed by atoms with E-state index >= 15 is 0 Å². The van der Waals surface area contributed by atoms with Crippen molar-refractivity contribution in [3.05, 3.63) is 72.6 Å². The summed E-state index contributed by atoms with van der Waals surface area (Å²) in [5, 5.41) is 11.1. The molecule has 0 saturated heterocycles. The van der Waals surface area contributed by atoms with Crippen molar-refractivity contribution in [1.29, 1.82) is 0 Å². The molecule has 0 unspecified atom stereocenters. The second kappa shape index (κ2) is 5.84. The van der Waals surface area contributed by atoms with E-state index in [-0.39, 0.29) is 0 Å². The van der Waals surface area contributed by atoms with E-state index in [2.05, 4.69) is 26.8 Å². The van der Waals surface area contributed by atoms with E-state index in [4.69, 9.17) is 0 Å². The maximum Gasteiger partial charge on any atom is 0.0566 e. The van der Waals surface area contributed by atoms with Gasteiger partial charge in [-0.3, -0.25) is 10.5 Å². The molecule has 3 rings (SSSR count). The van der Waals surface area contributed by atoms with Crippen molar-refractivity contribution in [3.63, 3.8) is 0 Å². The first-order chi connectivity index (χ1) is 9.93. The lowest BCUT2D eigenvalue weighted by Crippen LogP contribution is -1.92. The van der Waals surface area contributed by atoms with Gasteiger partial charge in [-0.15, -0.1) is 0 Å². The zero-order valence-electron chi connectivity index (χ0n) is 10.8. The zero-order chi connectivity index (χ0) is 13.6. The van der Waals surface area contributed by atoms with Crippen molar-refractivity contribution in [2.45, 2.75) is 0 Å². The fourth-order valence-electron chi connectivity index (χ4n) is 1.96. The molecule has 0 spiro atoms. The van der Waals surface area contributed by atoms with Crippen LogP contribution in [0.5, 0.6) is 0 Å². The van der Waals surface area contributed by atoms with E-state index in [9.17, 15) is 0 Å². The van der Waals surface area contributed by atoms with Crippen LogP contribution in [0.1, 0.15) is 5.56 Å². The van der Waals surface area contributed by atoms with Crippen molar-refractivity contribution in [1.82, 2.24) is 10.2 Å². The smallest absolute Gasteiger partial charge is 0.0566 e. The topological polar surface area (TPSA) is 53.1 Å². The highest BCUT2D eigenvalue weighted by Gasteiger charge is 2.03. The lowest BCUT2D eigenvalue weighted by molar-refractivity contribution is 1.09. The standard InChI is InChI=1S/C16H14N4/c1-2-7-15(8-3-1)20-19-10-13-6-4-5-9-16(13)14-11-17-18-12-14/h1-12,20H,(H,17,18). The van der Waals surface area contributed by atoms with Gasteiger partial charge in [-0.2, -0.15) is 10.2 Å². The molecular weight excluding hydrogens is 248 g/mol. The van der Waals surface area contributed by atoms with Crippen LogP contribution in [0.15, 0.2) is 72.1 Å². The first-order valence-electron chi connectivity index (χ1n) is 6.36. The number of hydrazone groups is 1. The van der Waals surface area contributed by atoms with Gasteiger partial charge in [0.15, 0.2) is 0 Å². The molecule has 20 heavy (non-hydrogen) atoms. The Hall–Kier alpha value is -2.88. The summed E-state index contributed by atoms with van der Waals surface area (Å²) < 4.78 is 0. The molecule has 4 nitrogen and oxygen atoms in total. The molecule has 0 amide bonds. The first-order valence-corrected chi connectivity index (χ1v) is 6.36. The minimum absolute atomic E-state index is 0.963. The lowest BCUT2D eigenvalue weighted by atomic mass is 10.0. The summed E-state index contributed by atoms with van der Waals surface area (Å²) in [6, 6.07) is 17.9. The Labute approximate surface area is 117 Å². The second-order valence-electron chi connectivity index (χ2n) is 4.31. The molecule has 0 aliphatic heterocycles. The molecule has 0 aliphatic rings. The molecule has 0 radical (unpaired) electrons. The molecule has 1 aromatic heterocycles. The van der Waals surface area contributed by atoms with Crippen LogP contribution in [0.2, 0.25) is 0 Å². The number of aromatic nitrogens is 2. The van der Waals surface area contributed by atoms with Gasteiger partial charge >= 0.3 is 0 Å². The number of aromatic amines is 1. The Morgan fingerprint density at radius 3 is 2.60 bits per heavy atom. The molecule has 3 aromatic rings. The summed E-state index contributed by atoms with van der Waals surface area (Å²) in [5.74, 6) is 0. The van der Waals surface area contributed by atoms with Crippen molar-refractivity contribution < 1.29 is 0 Å². The Bertz CT molecular complexity index is 688. The SMILES string of the molecule is C(=NNc1ccccc1)c1ccccc1-c1cn[nH]c1. The van der Waals surface area contributed by atoms with E-state index in [0.717, 1.165) is 22.4 Å². The molecule has 2 aromatic carbocycles. The van der Waals surface area contributed by atoms with Gasteiger partial charge in [0, 0.05) is 17.3 Å². The number of anilines is 1. The van der Waals surface area contributed by atoms with Gasteiger partial charge in [0.1, 0.15) is 0 Å². The summed E-state index contributed by atoms with van der Waals surface area (Å²) in [6.07, 6.45) is 5.49. The van der Waals surface area contributed by atoms with E-state index in [1.807, 2.05) is 60.9 Å². The number of para-hydroxylation sites is 1. The fourth-order valence-corrected chi connectivity index (χ4v) is 1.96. The molecular formula is C16H14N4.